The summed E-state index contributed by atoms with van der Waals surface area (Å²) in [6.07, 6.45) is 0. The second-order valence-electron chi connectivity index (χ2n) is 4.49. The van der Waals surface area contributed by atoms with Gasteiger partial charge in [-0.15, -0.1) is 0 Å². The summed E-state index contributed by atoms with van der Waals surface area (Å²) in [4.78, 5) is 2.06. The van der Waals surface area contributed by atoms with Gasteiger partial charge >= 0.3 is 0 Å². The van der Waals surface area contributed by atoms with Crippen LogP contribution in [0.1, 0.15) is 12.5 Å². The minimum atomic E-state index is -0.238. The average molecular weight is 293 g/mol. The third kappa shape index (κ3) is 3.11. The number of nitrogens with one attached hydrogen (secondary N) is 1. The number of hydrogen-bond acceptors (Lipinski definition) is 2. The van der Waals surface area contributed by atoms with E-state index in [-0.39, 0.29) is 5.82 Å². The highest BCUT2D eigenvalue weighted by Gasteiger charge is 2.14. The molecule has 0 aromatic heterocycles. The number of nitrogens with zero attached hydrogens (tertiary/aromatic N) is 1. The highest BCUT2D eigenvalue weighted by atomic mass is 35.5. The van der Waals surface area contributed by atoms with E-state index >= 15 is 0 Å². The van der Waals surface area contributed by atoms with Crippen molar-refractivity contribution in [2.75, 3.05) is 18.5 Å². The monoisotopic (exact) mass is 292 g/mol. The van der Waals surface area contributed by atoms with E-state index in [0.29, 0.717) is 11.6 Å². The lowest BCUT2D eigenvalue weighted by Crippen LogP contribution is -2.19. The van der Waals surface area contributed by atoms with Crippen molar-refractivity contribution in [1.82, 2.24) is 5.32 Å². The second-order valence-corrected chi connectivity index (χ2v) is 4.90. The maximum Gasteiger partial charge on any atom is 0.125 e. The molecule has 20 heavy (non-hydrogen) atoms. The van der Waals surface area contributed by atoms with Crippen molar-refractivity contribution >= 4 is 23.0 Å². The molecule has 0 spiro atoms. The number of hydrogen-bond donors (Lipinski definition) is 1. The molecule has 2 aromatic carbocycles. The summed E-state index contributed by atoms with van der Waals surface area (Å²) < 4.78 is 13.4. The first-order valence-electron chi connectivity index (χ1n) is 6.62. The van der Waals surface area contributed by atoms with Gasteiger partial charge in [-0.2, -0.15) is 0 Å². The zero-order valence-corrected chi connectivity index (χ0v) is 12.4. The van der Waals surface area contributed by atoms with Crippen LogP contribution in [-0.4, -0.2) is 13.6 Å². The Kier molecular flexibility index (Phi) is 4.99. The standard InChI is InChI=1S/C16H18ClFN2/c1-3-20(13-7-4-6-12(18)10-13)16-9-5-8-15(17)14(16)11-19-2/h4-10,19H,3,11H2,1-2H3. The van der Waals surface area contributed by atoms with Crippen molar-refractivity contribution in [3.8, 4) is 0 Å². The highest BCUT2D eigenvalue weighted by molar-refractivity contribution is 6.31. The Morgan fingerprint density at radius 2 is 1.95 bits per heavy atom. The molecule has 2 aromatic rings. The fourth-order valence-electron chi connectivity index (χ4n) is 2.29. The van der Waals surface area contributed by atoms with Crippen LogP contribution < -0.4 is 10.2 Å². The Bertz CT molecular complexity index is 586. The Labute approximate surface area is 124 Å². The van der Waals surface area contributed by atoms with Gasteiger partial charge in [-0.3, -0.25) is 0 Å². The van der Waals surface area contributed by atoms with E-state index in [1.807, 2.05) is 38.2 Å². The van der Waals surface area contributed by atoms with Gasteiger partial charge in [0.1, 0.15) is 5.82 Å². The molecular weight excluding hydrogens is 275 g/mol. The quantitative estimate of drug-likeness (QED) is 0.881. The van der Waals surface area contributed by atoms with Gasteiger partial charge < -0.3 is 10.2 Å². The molecule has 0 atom stereocenters. The molecule has 0 heterocycles. The smallest absolute Gasteiger partial charge is 0.125 e. The van der Waals surface area contributed by atoms with Crippen LogP contribution in [0.25, 0.3) is 0 Å². The lowest BCUT2D eigenvalue weighted by Gasteiger charge is -2.26. The van der Waals surface area contributed by atoms with Gasteiger partial charge in [0.2, 0.25) is 0 Å². The molecule has 1 N–H and O–H groups in total. The van der Waals surface area contributed by atoms with Crippen molar-refractivity contribution in [3.05, 3.63) is 58.9 Å². The van der Waals surface area contributed by atoms with E-state index in [1.54, 1.807) is 6.07 Å². The highest BCUT2D eigenvalue weighted by Crippen LogP contribution is 2.32. The SMILES string of the molecule is CCN(c1cccc(F)c1)c1cccc(Cl)c1CNC. The fraction of sp³-hybridized carbons (Fsp3) is 0.250. The molecule has 106 valence electrons. The minimum Gasteiger partial charge on any atom is -0.341 e. The normalized spacial score (nSPS) is 10.6. The largest absolute Gasteiger partial charge is 0.341 e. The lowest BCUT2D eigenvalue weighted by molar-refractivity contribution is 0.627. The first-order valence-corrected chi connectivity index (χ1v) is 7.00. The molecule has 4 heteroatoms. The Morgan fingerprint density at radius 3 is 2.60 bits per heavy atom. The van der Waals surface area contributed by atoms with Crippen LogP contribution in [0.3, 0.4) is 0 Å². The van der Waals surface area contributed by atoms with Gasteiger partial charge in [0.15, 0.2) is 0 Å². The molecule has 0 aliphatic carbocycles. The number of rotatable bonds is 5. The van der Waals surface area contributed by atoms with E-state index in [1.165, 1.54) is 12.1 Å². The van der Waals surface area contributed by atoms with E-state index < -0.39 is 0 Å². The molecule has 0 fully saturated rings. The van der Waals surface area contributed by atoms with Gasteiger partial charge in [-0.05, 0) is 44.3 Å². The summed E-state index contributed by atoms with van der Waals surface area (Å²) in [6.45, 7) is 3.44. The van der Waals surface area contributed by atoms with Gasteiger partial charge in [-0.25, -0.2) is 4.39 Å². The molecule has 0 aliphatic heterocycles. The van der Waals surface area contributed by atoms with Crippen LogP contribution in [0.2, 0.25) is 5.02 Å². The Balaban J connectivity index is 2.49. The van der Waals surface area contributed by atoms with Crippen LogP contribution in [0.15, 0.2) is 42.5 Å². The van der Waals surface area contributed by atoms with Crippen LogP contribution in [0.4, 0.5) is 15.8 Å². The molecule has 0 aliphatic rings. The number of halogens is 2. The fourth-order valence-corrected chi connectivity index (χ4v) is 2.52. The van der Waals surface area contributed by atoms with Crippen molar-refractivity contribution in [2.45, 2.75) is 13.5 Å². The van der Waals surface area contributed by atoms with Crippen LogP contribution >= 0.6 is 11.6 Å². The topological polar surface area (TPSA) is 15.3 Å². The third-order valence-electron chi connectivity index (χ3n) is 3.17. The molecule has 0 amide bonds. The predicted molar refractivity (Wildman–Crippen MR) is 83.3 cm³/mol. The first-order chi connectivity index (χ1) is 9.67. The van der Waals surface area contributed by atoms with Crippen molar-refractivity contribution < 1.29 is 4.39 Å². The van der Waals surface area contributed by atoms with Crippen LogP contribution in [0.5, 0.6) is 0 Å². The maximum atomic E-state index is 13.4. The van der Waals surface area contributed by atoms with E-state index in [4.69, 9.17) is 11.6 Å². The van der Waals surface area contributed by atoms with Gasteiger partial charge in [-0.1, -0.05) is 23.7 Å². The molecule has 0 saturated heterocycles. The van der Waals surface area contributed by atoms with E-state index in [2.05, 4.69) is 10.2 Å². The predicted octanol–water partition coefficient (Wildman–Crippen LogP) is 4.36. The summed E-state index contributed by atoms with van der Waals surface area (Å²) >= 11 is 6.29. The van der Waals surface area contributed by atoms with Crippen LogP contribution in [-0.2, 0) is 6.54 Å². The third-order valence-corrected chi connectivity index (χ3v) is 3.53. The molecular formula is C16H18ClFN2. The van der Waals surface area contributed by atoms with Gasteiger partial charge in [0, 0.05) is 35.1 Å². The van der Waals surface area contributed by atoms with Gasteiger partial charge in [0.25, 0.3) is 0 Å². The maximum absolute atomic E-state index is 13.4. The lowest BCUT2D eigenvalue weighted by atomic mass is 10.1. The van der Waals surface area contributed by atoms with Crippen LogP contribution in [0, 0.1) is 5.82 Å². The molecule has 2 nitrogen and oxygen atoms in total. The van der Waals surface area contributed by atoms with Crippen molar-refractivity contribution in [2.24, 2.45) is 0 Å². The van der Waals surface area contributed by atoms with Gasteiger partial charge in [0.05, 0.1) is 0 Å². The zero-order valence-electron chi connectivity index (χ0n) is 11.7. The molecule has 0 unspecified atom stereocenters. The number of anilines is 2. The average Bonchev–Trinajstić information content (AvgIpc) is 2.43. The van der Waals surface area contributed by atoms with Crippen molar-refractivity contribution in [1.29, 1.82) is 0 Å². The second kappa shape index (κ2) is 6.73. The summed E-state index contributed by atoms with van der Waals surface area (Å²) in [5.41, 5.74) is 2.84. The number of benzene rings is 2. The van der Waals surface area contributed by atoms with Crippen molar-refractivity contribution in [3.63, 3.8) is 0 Å². The zero-order chi connectivity index (χ0) is 14.5. The minimum absolute atomic E-state index is 0.238. The Hall–Kier alpha value is -1.58. The molecule has 2 rings (SSSR count). The Morgan fingerprint density at radius 1 is 1.20 bits per heavy atom. The summed E-state index contributed by atoms with van der Waals surface area (Å²) in [7, 11) is 1.88. The first kappa shape index (κ1) is 14.8. The summed E-state index contributed by atoms with van der Waals surface area (Å²) in [5, 5.41) is 3.84. The summed E-state index contributed by atoms with van der Waals surface area (Å²) in [6, 6.07) is 12.4. The molecule has 0 bridgehead atoms. The molecule has 0 radical (unpaired) electrons. The molecule has 0 saturated carbocycles. The van der Waals surface area contributed by atoms with E-state index in [9.17, 15) is 4.39 Å². The van der Waals surface area contributed by atoms with E-state index in [0.717, 1.165) is 23.5 Å². The summed E-state index contributed by atoms with van der Waals surface area (Å²) in [5.74, 6) is -0.238.